The number of ether oxygens (including phenoxy) is 1. The molecule has 1 aromatic rings. The highest BCUT2D eigenvalue weighted by Gasteiger charge is 2.06. The van der Waals surface area contributed by atoms with Crippen molar-refractivity contribution in [2.24, 2.45) is 5.73 Å². The first kappa shape index (κ1) is 12.6. The van der Waals surface area contributed by atoms with Crippen LogP contribution in [-0.2, 0) is 4.74 Å². The van der Waals surface area contributed by atoms with E-state index in [1.54, 1.807) is 12.1 Å². The van der Waals surface area contributed by atoms with Crippen LogP contribution in [0.15, 0.2) is 24.3 Å². The monoisotopic (exact) mass is 232 g/mol. The molecule has 88 valence electrons. The molecule has 1 rings (SSSR count). The molecule has 0 bridgehead atoms. The molecule has 2 amide bonds. The van der Waals surface area contributed by atoms with Crippen LogP contribution in [0.5, 0.6) is 0 Å². The molecule has 1 aromatic carbocycles. The Balaban J connectivity index is 2.58. The zero-order valence-electron chi connectivity index (χ0n) is 9.10. The van der Waals surface area contributed by atoms with Gasteiger partial charge in [-0.15, -0.1) is 12.3 Å². The number of nitrogens with two attached hydrogens (primary N) is 1. The maximum atomic E-state index is 11.5. The third kappa shape index (κ3) is 4.26. The lowest BCUT2D eigenvalue weighted by molar-refractivity contribution is 0.0514. The van der Waals surface area contributed by atoms with Crippen LogP contribution < -0.4 is 11.1 Å². The topological polar surface area (TPSA) is 81.4 Å². The molecule has 0 aromatic heterocycles. The second kappa shape index (κ2) is 6.18. The van der Waals surface area contributed by atoms with Crippen molar-refractivity contribution in [3.8, 4) is 12.3 Å². The van der Waals surface area contributed by atoms with E-state index in [2.05, 4.69) is 11.2 Å². The van der Waals surface area contributed by atoms with Crippen LogP contribution in [0.1, 0.15) is 16.8 Å². The van der Waals surface area contributed by atoms with Crippen molar-refractivity contribution in [2.75, 3.05) is 11.9 Å². The standard InChI is InChI=1S/C12H12N2O3/c1-2-3-8-17-11(15)9-4-6-10(7-5-9)14-12(13)16/h1,4-7H,3,8H2,(H3,13,14,16). The fraction of sp³-hybridized carbons (Fsp3) is 0.167. The van der Waals surface area contributed by atoms with Gasteiger partial charge in [-0.1, -0.05) is 0 Å². The Morgan fingerprint density at radius 2 is 2.00 bits per heavy atom. The van der Waals surface area contributed by atoms with Crippen LogP contribution in [0.2, 0.25) is 0 Å². The summed E-state index contributed by atoms with van der Waals surface area (Å²) in [5, 5.41) is 2.38. The first-order valence-corrected chi connectivity index (χ1v) is 4.90. The van der Waals surface area contributed by atoms with Gasteiger partial charge < -0.3 is 15.8 Å². The molecule has 0 atom stereocenters. The maximum Gasteiger partial charge on any atom is 0.338 e. The predicted molar refractivity (Wildman–Crippen MR) is 63.4 cm³/mol. The van der Waals surface area contributed by atoms with Crippen LogP contribution in [0.25, 0.3) is 0 Å². The molecule has 0 aliphatic carbocycles. The number of primary amides is 1. The molecule has 0 saturated heterocycles. The largest absolute Gasteiger partial charge is 0.461 e. The Morgan fingerprint density at radius 3 is 2.53 bits per heavy atom. The maximum absolute atomic E-state index is 11.5. The van der Waals surface area contributed by atoms with Crippen molar-refractivity contribution >= 4 is 17.7 Å². The van der Waals surface area contributed by atoms with E-state index in [-0.39, 0.29) is 6.61 Å². The van der Waals surface area contributed by atoms with Crippen molar-refractivity contribution in [3.05, 3.63) is 29.8 Å². The van der Waals surface area contributed by atoms with Crippen LogP contribution in [0.3, 0.4) is 0 Å². The molecule has 0 fully saturated rings. The zero-order chi connectivity index (χ0) is 12.7. The number of nitrogens with one attached hydrogen (secondary N) is 1. The quantitative estimate of drug-likeness (QED) is 0.467. The summed E-state index contributed by atoms with van der Waals surface area (Å²) in [6, 6.07) is 5.52. The lowest BCUT2D eigenvalue weighted by Crippen LogP contribution is -2.19. The number of hydrogen-bond donors (Lipinski definition) is 2. The van der Waals surface area contributed by atoms with Gasteiger partial charge in [0.05, 0.1) is 5.56 Å². The summed E-state index contributed by atoms with van der Waals surface area (Å²) in [6.07, 6.45) is 5.41. The molecular formula is C12H12N2O3. The third-order valence-electron chi connectivity index (χ3n) is 1.87. The SMILES string of the molecule is C#CCCOC(=O)c1ccc(NC(N)=O)cc1. The van der Waals surface area contributed by atoms with E-state index in [9.17, 15) is 9.59 Å². The molecule has 5 nitrogen and oxygen atoms in total. The number of carbonyl (C=O) groups is 2. The van der Waals surface area contributed by atoms with Crippen molar-refractivity contribution in [1.29, 1.82) is 0 Å². The minimum atomic E-state index is -0.658. The molecule has 0 aliphatic heterocycles. The normalized spacial score (nSPS) is 9.12. The van der Waals surface area contributed by atoms with E-state index in [1.165, 1.54) is 12.1 Å². The Labute approximate surface area is 98.9 Å². The highest BCUT2D eigenvalue weighted by Crippen LogP contribution is 2.10. The smallest absolute Gasteiger partial charge is 0.338 e. The molecule has 5 heteroatoms. The van der Waals surface area contributed by atoms with Crippen molar-refractivity contribution in [1.82, 2.24) is 0 Å². The number of anilines is 1. The van der Waals surface area contributed by atoms with E-state index in [0.29, 0.717) is 17.7 Å². The van der Waals surface area contributed by atoms with Gasteiger partial charge in [-0.05, 0) is 24.3 Å². The van der Waals surface area contributed by atoms with E-state index >= 15 is 0 Å². The van der Waals surface area contributed by atoms with Gasteiger partial charge >= 0.3 is 12.0 Å². The zero-order valence-corrected chi connectivity index (χ0v) is 9.10. The van der Waals surface area contributed by atoms with Gasteiger partial charge in [-0.2, -0.15) is 0 Å². The predicted octanol–water partition coefficient (Wildman–Crippen LogP) is 1.36. The van der Waals surface area contributed by atoms with Gasteiger partial charge in [0.1, 0.15) is 6.61 Å². The number of terminal acetylenes is 1. The van der Waals surface area contributed by atoms with E-state index in [4.69, 9.17) is 16.9 Å². The average molecular weight is 232 g/mol. The molecule has 0 spiro atoms. The first-order chi connectivity index (χ1) is 8.13. The van der Waals surface area contributed by atoms with Crippen LogP contribution >= 0.6 is 0 Å². The van der Waals surface area contributed by atoms with Crippen molar-refractivity contribution in [2.45, 2.75) is 6.42 Å². The lowest BCUT2D eigenvalue weighted by atomic mass is 10.2. The summed E-state index contributed by atoms with van der Waals surface area (Å²) >= 11 is 0. The average Bonchev–Trinajstić information content (AvgIpc) is 2.29. The second-order valence-corrected chi connectivity index (χ2v) is 3.16. The number of urea groups is 1. The Kier molecular flexibility index (Phi) is 4.58. The van der Waals surface area contributed by atoms with Crippen LogP contribution in [0, 0.1) is 12.3 Å². The molecule has 0 heterocycles. The van der Waals surface area contributed by atoms with E-state index in [0.717, 1.165) is 0 Å². The van der Waals surface area contributed by atoms with Crippen LogP contribution in [0.4, 0.5) is 10.5 Å². The molecular weight excluding hydrogens is 220 g/mol. The third-order valence-corrected chi connectivity index (χ3v) is 1.87. The lowest BCUT2D eigenvalue weighted by Gasteiger charge is -2.04. The summed E-state index contributed by atoms with van der Waals surface area (Å²) in [5.41, 5.74) is 5.84. The number of amides is 2. The summed E-state index contributed by atoms with van der Waals surface area (Å²) in [4.78, 5) is 22.0. The molecule has 0 saturated carbocycles. The molecule has 3 N–H and O–H groups in total. The van der Waals surface area contributed by atoms with E-state index < -0.39 is 12.0 Å². The van der Waals surface area contributed by atoms with Crippen LogP contribution in [-0.4, -0.2) is 18.6 Å². The highest BCUT2D eigenvalue weighted by molar-refractivity contribution is 5.91. The number of carbonyl (C=O) groups excluding carboxylic acids is 2. The molecule has 0 unspecified atom stereocenters. The van der Waals surface area contributed by atoms with Crippen molar-refractivity contribution < 1.29 is 14.3 Å². The highest BCUT2D eigenvalue weighted by atomic mass is 16.5. The summed E-state index contributed by atoms with van der Waals surface area (Å²) < 4.78 is 4.90. The van der Waals surface area contributed by atoms with Gasteiger partial charge in [-0.3, -0.25) is 0 Å². The van der Waals surface area contributed by atoms with Crippen molar-refractivity contribution in [3.63, 3.8) is 0 Å². The Hall–Kier alpha value is -2.48. The minimum Gasteiger partial charge on any atom is -0.461 e. The second-order valence-electron chi connectivity index (χ2n) is 3.16. The van der Waals surface area contributed by atoms with Gasteiger partial charge in [-0.25, -0.2) is 9.59 Å². The Bertz CT molecular complexity index is 446. The molecule has 17 heavy (non-hydrogen) atoms. The summed E-state index contributed by atoms with van der Waals surface area (Å²) in [7, 11) is 0. The summed E-state index contributed by atoms with van der Waals surface area (Å²) in [6.45, 7) is 0.191. The minimum absolute atomic E-state index is 0.191. The van der Waals surface area contributed by atoms with Gasteiger partial charge in [0.25, 0.3) is 0 Å². The summed E-state index contributed by atoms with van der Waals surface area (Å²) in [5.74, 6) is 1.91. The van der Waals surface area contributed by atoms with Gasteiger partial charge in [0, 0.05) is 12.1 Å². The number of esters is 1. The number of rotatable bonds is 4. The molecule has 0 radical (unpaired) electrons. The Morgan fingerprint density at radius 1 is 1.35 bits per heavy atom. The number of benzene rings is 1. The van der Waals surface area contributed by atoms with E-state index in [1.807, 2.05) is 0 Å². The molecule has 0 aliphatic rings. The van der Waals surface area contributed by atoms with Gasteiger partial charge in [0.15, 0.2) is 0 Å². The fourth-order valence-corrected chi connectivity index (χ4v) is 1.12. The fourth-order valence-electron chi connectivity index (χ4n) is 1.12. The van der Waals surface area contributed by atoms with Gasteiger partial charge in [0.2, 0.25) is 0 Å². The first-order valence-electron chi connectivity index (χ1n) is 4.90. The number of hydrogen-bond acceptors (Lipinski definition) is 3.